The van der Waals surface area contributed by atoms with Gasteiger partial charge in [-0.3, -0.25) is 4.79 Å². The molecule has 1 aliphatic rings. The Labute approximate surface area is 177 Å². The maximum atomic E-state index is 13.0. The standard InChI is InChI=1S/C22H25N3O4S/c1-29-20-12-9-17(22(26)24-18-10-7-16(8-11-18)13-14-23)15-21(20)30(27,28)25-19-5-3-2-4-6-19/h7-12,15,19,25H,2-6,13H2,1H3,(H,24,26). The van der Waals surface area contributed by atoms with E-state index in [1.807, 2.05) is 0 Å². The molecule has 0 radical (unpaired) electrons. The zero-order chi connectivity index (χ0) is 21.6. The smallest absolute Gasteiger partial charge is 0.255 e. The maximum absolute atomic E-state index is 13.0. The molecule has 2 N–H and O–H groups in total. The first-order valence-electron chi connectivity index (χ1n) is 9.90. The molecule has 0 spiro atoms. The highest BCUT2D eigenvalue weighted by Gasteiger charge is 2.26. The summed E-state index contributed by atoms with van der Waals surface area (Å²) < 4.78 is 33.9. The molecule has 158 valence electrons. The molecule has 30 heavy (non-hydrogen) atoms. The van der Waals surface area contributed by atoms with Gasteiger partial charge in [0.2, 0.25) is 10.0 Å². The first-order valence-corrected chi connectivity index (χ1v) is 11.4. The number of rotatable bonds is 7. The summed E-state index contributed by atoms with van der Waals surface area (Å²) in [7, 11) is -2.43. The van der Waals surface area contributed by atoms with Gasteiger partial charge in [0, 0.05) is 17.3 Å². The minimum absolute atomic E-state index is 0.0485. The molecule has 0 atom stereocenters. The fourth-order valence-corrected chi connectivity index (χ4v) is 5.03. The number of ether oxygens (including phenoxy) is 1. The van der Waals surface area contributed by atoms with Crippen LogP contribution in [0.15, 0.2) is 47.4 Å². The van der Waals surface area contributed by atoms with Crippen molar-refractivity contribution in [1.82, 2.24) is 4.72 Å². The van der Waals surface area contributed by atoms with E-state index in [0.29, 0.717) is 12.1 Å². The summed E-state index contributed by atoms with van der Waals surface area (Å²) in [4.78, 5) is 12.6. The molecule has 0 saturated heterocycles. The number of anilines is 1. The van der Waals surface area contributed by atoms with Gasteiger partial charge in [0.1, 0.15) is 10.6 Å². The molecule has 0 bridgehead atoms. The molecule has 0 unspecified atom stereocenters. The Morgan fingerprint density at radius 1 is 1.13 bits per heavy atom. The lowest BCUT2D eigenvalue weighted by Gasteiger charge is -2.23. The first kappa shape index (κ1) is 21.8. The van der Waals surface area contributed by atoms with E-state index in [-0.39, 0.29) is 22.3 Å². The molecular weight excluding hydrogens is 402 g/mol. The average molecular weight is 428 g/mol. The minimum atomic E-state index is -3.83. The number of sulfonamides is 1. The molecule has 2 aromatic carbocycles. The van der Waals surface area contributed by atoms with Crippen molar-refractivity contribution >= 4 is 21.6 Å². The quantitative estimate of drug-likeness (QED) is 0.701. The van der Waals surface area contributed by atoms with Crippen molar-refractivity contribution in [2.45, 2.75) is 49.5 Å². The van der Waals surface area contributed by atoms with Crippen molar-refractivity contribution in [2.75, 3.05) is 12.4 Å². The molecule has 8 heteroatoms. The molecule has 0 aliphatic heterocycles. The molecule has 3 rings (SSSR count). The number of carbonyl (C=O) groups is 1. The Balaban J connectivity index is 1.80. The lowest BCUT2D eigenvalue weighted by molar-refractivity contribution is 0.102. The SMILES string of the molecule is COc1ccc(C(=O)Nc2ccc(CC#N)cc2)cc1S(=O)(=O)NC1CCCCC1. The van der Waals surface area contributed by atoms with Crippen LogP contribution >= 0.6 is 0 Å². The number of amides is 1. The summed E-state index contributed by atoms with van der Waals surface area (Å²) in [5.74, 6) is -0.240. The van der Waals surface area contributed by atoms with Crippen molar-refractivity contribution in [2.24, 2.45) is 0 Å². The second-order valence-electron chi connectivity index (χ2n) is 7.31. The van der Waals surface area contributed by atoms with E-state index < -0.39 is 15.9 Å². The number of methoxy groups -OCH3 is 1. The van der Waals surface area contributed by atoms with Gasteiger partial charge in [-0.05, 0) is 48.7 Å². The zero-order valence-electron chi connectivity index (χ0n) is 16.8. The van der Waals surface area contributed by atoms with Crippen LogP contribution in [-0.2, 0) is 16.4 Å². The Morgan fingerprint density at radius 2 is 1.83 bits per heavy atom. The molecule has 2 aromatic rings. The highest BCUT2D eigenvalue weighted by Crippen LogP contribution is 2.27. The van der Waals surface area contributed by atoms with Crippen LogP contribution in [0.1, 0.15) is 48.0 Å². The van der Waals surface area contributed by atoms with Crippen molar-refractivity contribution in [3.63, 3.8) is 0 Å². The normalized spacial score (nSPS) is 14.7. The van der Waals surface area contributed by atoms with Gasteiger partial charge in [-0.15, -0.1) is 0 Å². The highest BCUT2D eigenvalue weighted by molar-refractivity contribution is 7.89. The van der Waals surface area contributed by atoms with Gasteiger partial charge < -0.3 is 10.1 Å². The predicted octanol–water partition coefficient (Wildman–Crippen LogP) is 3.62. The van der Waals surface area contributed by atoms with Crippen LogP contribution in [0.2, 0.25) is 0 Å². The van der Waals surface area contributed by atoms with Gasteiger partial charge in [0.05, 0.1) is 19.6 Å². The second kappa shape index (κ2) is 9.74. The van der Waals surface area contributed by atoms with Crippen LogP contribution in [0.25, 0.3) is 0 Å². The lowest BCUT2D eigenvalue weighted by Crippen LogP contribution is -2.36. The number of hydrogen-bond acceptors (Lipinski definition) is 5. The van der Waals surface area contributed by atoms with E-state index in [9.17, 15) is 13.2 Å². The zero-order valence-corrected chi connectivity index (χ0v) is 17.7. The average Bonchev–Trinajstić information content (AvgIpc) is 2.75. The van der Waals surface area contributed by atoms with Crippen molar-refractivity contribution < 1.29 is 17.9 Å². The van der Waals surface area contributed by atoms with Gasteiger partial charge >= 0.3 is 0 Å². The van der Waals surface area contributed by atoms with Gasteiger partial charge in [-0.2, -0.15) is 5.26 Å². The first-order chi connectivity index (χ1) is 14.4. The monoisotopic (exact) mass is 427 g/mol. The molecule has 1 saturated carbocycles. The molecule has 1 fully saturated rings. The largest absolute Gasteiger partial charge is 0.495 e. The number of nitrogens with one attached hydrogen (secondary N) is 2. The second-order valence-corrected chi connectivity index (χ2v) is 8.99. The molecular formula is C22H25N3O4S. The van der Waals surface area contributed by atoms with E-state index in [4.69, 9.17) is 10.00 Å². The number of carbonyl (C=O) groups excluding carboxylic acids is 1. The van der Waals surface area contributed by atoms with Crippen LogP contribution < -0.4 is 14.8 Å². The minimum Gasteiger partial charge on any atom is -0.495 e. The molecule has 0 aromatic heterocycles. The molecule has 1 aliphatic carbocycles. The summed E-state index contributed by atoms with van der Waals surface area (Å²) in [6, 6.07) is 13.2. The summed E-state index contributed by atoms with van der Waals surface area (Å²) in [6.07, 6.45) is 5.03. The Hall–Kier alpha value is -2.89. The Morgan fingerprint density at radius 3 is 2.47 bits per heavy atom. The van der Waals surface area contributed by atoms with E-state index in [2.05, 4.69) is 16.1 Å². The third-order valence-corrected chi connectivity index (χ3v) is 6.68. The Kier molecular flexibility index (Phi) is 7.08. The summed E-state index contributed by atoms with van der Waals surface area (Å²) in [6.45, 7) is 0. The number of nitrogens with zero attached hydrogens (tertiary/aromatic N) is 1. The topological polar surface area (TPSA) is 108 Å². The van der Waals surface area contributed by atoms with Crippen LogP contribution in [0.3, 0.4) is 0 Å². The van der Waals surface area contributed by atoms with Crippen molar-refractivity contribution in [3.05, 3.63) is 53.6 Å². The van der Waals surface area contributed by atoms with Crippen LogP contribution in [-0.4, -0.2) is 27.5 Å². The fourth-order valence-electron chi connectivity index (χ4n) is 3.53. The number of benzene rings is 2. The van der Waals surface area contributed by atoms with E-state index in [0.717, 1.165) is 37.7 Å². The molecule has 1 amide bonds. The fraction of sp³-hybridized carbons (Fsp3) is 0.364. The van der Waals surface area contributed by atoms with E-state index >= 15 is 0 Å². The van der Waals surface area contributed by atoms with Crippen LogP contribution in [0, 0.1) is 11.3 Å². The van der Waals surface area contributed by atoms with E-state index in [1.165, 1.54) is 25.3 Å². The maximum Gasteiger partial charge on any atom is 0.255 e. The summed E-state index contributed by atoms with van der Waals surface area (Å²) in [5.41, 5.74) is 1.62. The third kappa shape index (κ3) is 5.38. The van der Waals surface area contributed by atoms with Gasteiger partial charge in [-0.1, -0.05) is 31.4 Å². The van der Waals surface area contributed by atoms with Crippen LogP contribution in [0.5, 0.6) is 5.75 Å². The molecule has 7 nitrogen and oxygen atoms in total. The number of hydrogen-bond donors (Lipinski definition) is 2. The van der Waals surface area contributed by atoms with Gasteiger partial charge in [0.25, 0.3) is 5.91 Å². The van der Waals surface area contributed by atoms with Crippen LogP contribution in [0.4, 0.5) is 5.69 Å². The van der Waals surface area contributed by atoms with Gasteiger partial charge in [-0.25, -0.2) is 13.1 Å². The third-order valence-electron chi connectivity index (χ3n) is 5.14. The summed E-state index contributed by atoms with van der Waals surface area (Å²) in [5, 5.41) is 11.5. The predicted molar refractivity (Wildman–Crippen MR) is 114 cm³/mol. The highest BCUT2D eigenvalue weighted by atomic mass is 32.2. The lowest BCUT2D eigenvalue weighted by atomic mass is 9.96. The molecule has 0 heterocycles. The number of nitriles is 1. The summed E-state index contributed by atoms with van der Waals surface area (Å²) >= 11 is 0. The van der Waals surface area contributed by atoms with Crippen molar-refractivity contribution in [3.8, 4) is 11.8 Å². The van der Waals surface area contributed by atoms with Crippen molar-refractivity contribution in [1.29, 1.82) is 5.26 Å². The van der Waals surface area contributed by atoms with Gasteiger partial charge in [0.15, 0.2) is 0 Å². The Bertz CT molecular complexity index is 1040. The van der Waals surface area contributed by atoms with E-state index in [1.54, 1.807) is 24.3 Å².